The van der Waals surface area contributed by atoms with E-state index < -0.39 is 0 Å². The molecule has 0 aliphatic carbocycles. The Kier molecular flexibility index (Phi) is 4.55. The third kappa shape index (κ3) is 3.17. The van der Waals surface area contributed by atoms with Crippen LogP contribution < -0.4 is 5.32 Å². The number of thiol groups is 1. The molecule has 1 aliphatic heterocycles. The first-order valence-corrected chi connectivity index (χ1v) is 5.16. The fourth-order valence-electron chi connectivity index (χ4n) is 1.46. The van der Waals surface area contributed by atoms with E-state index in [2.05, 4.69) is 29.9 Å². The van der Waals surface area contributed by atoms with E-state index in [1.54, 1.807) is 5.01 Å². The van der Waals surface area contributed by atoms with Gasteiger partial charge in [0.25, 0.3) is 5.24 Å². The summed E-state index contributed by atoms with van der Waals surface area (Å²) in [6.45, 7) is 6.51. The first kappa shape index (κ1) is 10.8. The van der Waals surface area contributed by atoms with Gasteiger partial charge in [-0.25, -0.2) is 5.01 Å². The van der Waals surface area contributed by atoms with Crippen LogP contribution in [0.5, 0.6) is 0 Å². The van der Waals surface area contributed by atoms with Gasteiger partial charge in [-0.2, -0.15) is 0 Å². The number of nitrogens with zero attached hydrogens (tertiary/aromatic N) is 2. The number of carbonyl (C=O) groups is 1. The van der Waals surface area contributed by atoms with Gasteiger partial charge in [0.15, 0.2) is 0 Å². The van der Waals surface area contributed by atoms with Crippen molar-refractivity contribution in [1.29, 1.82) is 0 Å². The van der Waals surface area contributed by atoms with Gasteiger partial charge in [-0.3, -0.25) is 9.80 Å². The Balaban J connectivity index is 2.46. The van der Waals surface area contributed by atoms with E-state index >= 15 is 0 Å². The van der Waals surface area contributed by atoms with Crippen LogP contribution in [0.1, 0.15) is 13.3 Å². The molecule has 5 heteroatoms. The van der Waals surface area contributed by atoms with Gasteiger partial charge in [0, 0.05) is 32.7 Å². The molecule has 0 aromatic rings. The highest BCUT2D eigenvalue weighted by atomic mass is 32.1. The van der Waals surface area contributed by atoms with Crippen LogP contribution in [0.15, 0.2) is 0 Å². The maximum absolute atomic E-state index is 11.2. The van der Waals surface area contributed by atoms with Gasteiger partial charge in [-0.1, -0.05) is 19.6 Å². The number of piperazine rings is 1. The van der Waals surface area contributed by atoms with Crippen molar-refractivity contribution in [2.24, 2.45) is 0 Å². The third-order valence-electron chi connectivity index (χ3n) is 2.09. The monoisotopic (exact) mass is 203 g/mol. The Morgan fingerprint density at radius 1 is 1.54 bits per heavy atom. The number of hydrazine groups is 1. The molecule has 1 N–H and O–H groups in total. The number of carbonyl (C=O) groups excluding carboxylic acids is 1. The summed E-state index contributed by atoms with van der Waals surface area (Å²) in [6, 6.07) is 0. The molecule has 1 rings (SSSR count). The van der Waals surface area contributed by atoms with Crippen molar-refractivity contribution in [3.05, 3.63) is 0 Å². The summed E-state index contributed by atoms with van der Waals surface area (Å²) in [7, 11) is 0. The van der Waals surface area contributed by atoms with Crippen molar-refractivity contribution in [2.45, 2.75) is 13.3 Å². The average molecular weight is 203 g/mol. The van der Waals surface area contributed by atoms with Crippen molar-refractivity contribution in [3.8, 4) is 0 Å². The van der Waals surface area contributed by atoms with E-state index in [1.807, 2.05) is 0 Å². The summed E-state index contributed by atoms with van der Waals surface area (Å²) in [4.78, 5) is 11.2. The van der Waals surface area contributed by atoms with E-state index in [4.69, 9.17) is 0 Å². The number of nitrogens with one attached hydrogen (secondary N) is 1. The zero-order chi connectivity index (χ0) is 9.68. The van der Waals surface area contributed by atoms with E-state index in [9.17, 15) is 4.79 Å². The minimum Gasteiger partial charge on any atom is -0.314 e. The lowest BCUT2D eigenvalue weighted by atomic mass is 10.4. The van der Waals surface area contributed by atoms with Crippen LogP contribution in [0, 0.1) is 0 Å². The molecule has 0 aromatic carbocycles. The van der Waals surface area contributed by atoms with E-state index in [0.29, 0.717) is 0 Å². The number of rotatable bonds is 3. The summed E-state index contributed by atoms with van der Waals surface area (Å²) in [5.74, 6) is 0. The molecule has 0 bridgehead atoms. The number of hydrogen-bond acceptors (Lipinski definition) is 3. The summed E-state index contributed by atoms with van der Waals surface area (Å²) >= 11 is 3.86. The van der Waals surface area contributed by atoms with Crippen molar-refractivity contribution in [3.63, 3.8) is 0 Å². The Labute approximate surface area is 84.6 Å². The standard InChI is InChI=1S/C8H17N3OS/c1-2-5-11(8(12)13)10-6-3-9-4-7-10/h9H,2-7H2,1H3,(H,12,13). The number of hydrogen-bond donors (Lipinski definition) is 2. The molecule has 13 heavy (non-hydrogen) atoms. The summed E-state index contributed by atoms with van der Waals surface area (Å²) in [5.41, 5.74) is 0. The molecule has 0 spiro atoms. The smallest absolute Gasteiger partial charge is 0.292 e. The van der Waals surface area contributed by atoms with Gasteiger partial charge in [-0.15, -0.1) is 0 Å². The van der Waals surface area contributed by atoms with Crippen LogP contribution in [-0.2, 0) is 0 Å². The Bertz CT molecular complexity index is 171. The molecular formula is C8H17N3OS. The molecule has 1 fully saturated rings. The molecule has 0 unspecified atom stereocenters. The highest BCUT2D eigenvalue weighted by molar-refractivity contribution is 7.96. The highest BCUT2D eigenvalue weighted by Crippen LogP contribution is 2.05. The molecule has 0 radical (unpaired) electrons. The minimum absolute atomic E-state index is 0.149. The van der Waals surface area contributed by atoms with Gasteiger partial charge in [-0.05, 0) is 6.42 Å². The maximum Gasteiger partial charge on any atom is 0.292 e. The highest BCUT2D eigenvalue weighted by Gasteiger charge is 2.19. The fourth-order valence-corrected chi connectivity index (χ4v) is 1.69. The van der Waals surface area contributed by atoms with Gasteiger partial charge in [0.2, 0.25) is 0 Å². The minimum atomic E-state index is -0.149. The quantitative estimate of drug-likeness (QED) is 0.658. The lowest BCUT2D eigenvalue weighted by molar-refractivity contribution is 0.0154. The van der Waals surface area contributed by atoms with Crippen LogP contribution in [-0.4, -0.2) is 48.0 Å². The van der Waals surface area contributed by atoms with Crippen molar-refractivity contribution < 1.29 is 4.79 Å². The van der Waals surface area contributed by atoms with Crippen molar-refractivity contribution in [1.82, 2.24) is 15.3 Å². The first-order valence-electron chi connectivity index (χ1n) is 4.71. The largest absolute Gasteiger partial charge is 0.314 e. The first-order chi connectivity index (χ1) is 6.25. The van der Waals surface area contributed by atoms with E-state index in [1.165, 1.54) is 0 Å². The van der Waals surface area contributed by atoms with Crippen molar-refractivity contribution >= 4 is 17.9 Å². The molecule has 1 amide bonds. The van der Waals surface area contributed by atoms with Crippen LogP contribution in [0.4, 0.5) is 4.79 Å². The normalized spacial score (nSPS) is 18.6. The summed E-state index contributed by atoms with van der Waals surface area (Å²) < 4.78 is 0. The van der Waals surface area contributed by atoms with Gasteiger partial charge >= 0.3 is 0 Å². The molecule has 1 heterocycles. The molecular weight excluding hydrogens is 186 g/mol. The fraction of sp³-hybridized carbons (Fsp3) is 0.875. The Morgan fingerprint density at radius 2 is 2.15 bits per heavy atom. The topological polar surface area (TPSA) is 35.6 Å². The molecule has 0 saturated carbocycles. The van der Waals surface area contributed by atoms with Gasteiger partial charge in [0.1, 0.15) is 0 Å². The van der Waals surface area contributed by atoms with Gasteiger partial charge < -0.3 is 5.32 Å². The molecule has 4 nitrogen and oxygen atoms in total. The zero-order valence-corrected chi connectivity index (χ0v) is 8.89. The number of amides is 1. The summed E-state index contributed by atoms with van der Waals surface area (Å²) in [5, 5.41) is 6.89. The lowest BCUT2D eigenvalue weighted by Crippen LogP contribution is -2.53. The molecule has 0 atom stereocenters. The molecule has 76 valence electrons. The lowest BCUT2D eigenvalue weighted by Gasteiger charge is -2.36. The van der Waals surface area contributed by atoms with Crippen LogP contribution in [0.3, 0.4) is 0 Å². The predicted molar refractivity (Wildman–Crippen MR) is 55.8 cm³/mol. The maximum atomic E-state index is 11.2. The Morgan fingerprint density at radius 3 is 2.62 bits per heavy atom. The van der Waals surface area contributed by atoms with Crippen LogP contribution in [0.2, 0.25) is 0 Å². The second kappa shape index (κ2) is 5.47. The molecule has 0 aromatic heterocycles. The average Bonchev–Trinajstić information content (AvgIpc) is 2.15. The van der Waals surface area contributed by atoms with Crippen LogP contribution >= 0.6 is 12.6 Å². The summed E-state index contributed by atoms with van der Waals surface area (Å²) in [6.07, 6.45) is 0.968. The van der Waals surface area contributed by atoms with Crippen molar-refractivity contribution in [2.75, 3.05) is 32.7 Å². The van der Waals surface area contributed by atoms with E-state index in [0.717, 1.165) is 39.1 Å². The molecule has 1 saturated heterocycles. The third-order valence-corrected chi connectivity index (χ3v) is 2.32. The van der Waals surface area contributed by atoms with E-state index in [-0.39, 0.29) is 5.24 Å². The Hall–Kier alpha value is -0.260. The second-order valence-electron chi connectivity index (χ2n) is 3.11. The van der Waals surface area contributed by atoms with Crippen LogP contribution in [0.25, 0.3) is 0 Å². The predicted octanol–water partition coefficient (Wildman–Crippen LogP) is 0.568. The SMILES string of the molecule is CCCN(C(=O)S)N1CCNCC1. The second-order valence-corrected chi connectivity index (χ2v) is 3.49. The molecule has 1 aliphatic rings. The zero-order valence-electron chi connectivity index (χ0n) is 7.99. The van der Waals surface area contributed by atoms with Gasteiger partial charge in [0.05, 0.1) is 0 Å².